The fourth-order valence-electron chi connectivity index (χ4n) is 3.47. The van der Waals surface area contributed by atoms with Gasteiger partial charge in [0.2, 0.25) is 5.91 Å². The van der Waals surface area contributed by atoms with Crippen LogP contribution < -0.4 is 16.6 Å². The number of carbonyl (C=O) groups is 1. The maximum absolute atomic E-state index is 13.0. The predicted molar refractivity (Wildman–Crippen MR) is 122 cm³/mol. The van der Waals surface area contributed by atoms with Crippen LogP contribution in [-0.4, -0.2) is 25.0 Å². The minimum Gasteiger partial charge on any atom is -0.325 e. The summed E-state index contributed by atoms with van der Waals surface area (Å²) in [5.41, 5.74) is 1.72. The summed E-state index contributed by atoms with van der Waals surface area (Å²) < 4.78 is 2.57. The van der Waals surface area contributed by atoms with Gasteiger partial charge < -0.3 is 9.88 Å². The molecule has 0 bridgehead atoms. The molecule has 1 aromatic carbocycles. The Hall–Kier alpha value is -4.07. The van der Waals surface area contributed by atoms with Gasteiger partial charge >= 0.3 is 5.69 Å². The van der Waals surface area contributed by atoms with Crippen LogP contribution in [0.4, 0.5) is 5.69 Å². The zero-order chi connectivity index (χ0) is 22.7. The summed E-state index contributed by atoms with van der Waals surface area (Å²) in [5, 5.41) is 2.84. The number of nitrogens with one attached hydrogen (secondary N) is 1. The summed E-state index contributed by atoms with van der Waals surface area (Å²) >= 11 is 0. The summed E-state index contributed by atoms with van der Waals surface area (Å²) in [7, 11) is 0. The van der Waals surface area contributed by atoms with Gasteiger partial charge in [-0.05, 0) is 47.4 Å². The molecule has 1 amide bonds. The van der Waals surface area contributed by atoms with Crippen molar-refractivity contribution in [3.05, 3.63) is 99.1 Å². The van der Waals surface area contributed by atoms with Crippen molar-refractivity contribution in [2.45, 2.75) is 32.9 Å². The van der Waals surface area contributed by atoms with Crippen molar-refractivity contribution in [2.24, 2.45) is 0 Å². The quantitative estimate of drug-likeness (QED) is 0.508. The van der Waals surface area contributed by atoms with Crippen molar-refractivity contribution in [1.82, 2.24) is 19.1 Å². The van der Waals surface area contributed by atoms with Crippen LogP contribution in [0.1, 0.15) is 30.9 Å². The lowest BCUT2D eigenvalue weighted by molar-refractivity contribution is -0.116. The minimum absolute atomic E-state index is 0.0796. The van der Waals surface area contributed by atoms with E-state index in [4.69, 9.17) is 0 Å². The van der Waals surface area contributed by atoms with E-state index in [9.17, 15) is 14.4 Å². The molecule has 4 rings (SSSR count). The number of amides is 1. The maximum atomic E-state index is 13.0. The number of hydrogen-bond acceptors (Lipinski definition) is 5. The number of rotatable bonds is 6. The SMILES string of the molecule is CC(C)c1ccc(NC(=O)Cn2cccc3c(=O)n(Cc4cccnc4)c(=O)nc2-3)cc1. The van der Waals surface area contributed by atoms with E-state index in [1.54, 1.807) is 42.9 Å². The molecule has 0 atom stereocenters. The number of carbonyl (C=O) groups excluding carboxylic acids is 1. The van der Waals surface area contributed by atoms with Gasteiger partial charge in [0.15, 0.2) is 5.82 Å². The summed E-state index contributed by atoms with van der Waals surface area (Å²) in [6.07, 6.45) is 4.84. The molecule has 0 unspecified atom stereocenters. The Bertz CT molecular complexity index is 1320. The van der Waals surface area contributed by atoms with Crippen molar-refractivity contribution >= 4 is 11.6 Å². The number of fused-ring (bicyclic) bond motifs is 1. The standard InChI is InChI=1S/C24H23N5O3/c1-16(2)18-7-9-19(10-8-18)26-21(30)15-28-12-4-6-20-22(28)27-24(32)29(23(20)31)14-17-5-3-11-25-13-17/h3-13,16H,14-15H2,1-2H3,(H,26,30). The van der Waals surface area contributed by atoms with E-state index < -0.39 is 11.2 Å². The highest BCUT2D eigenvalue weighted by Crippen LogP contribution is 2.18. The molecule has 32 heavy (non-hydrogen) atoms. The third-order valence-corrected chi connectivity index (χ3v) is 5.19. The topological polar surface area (TPSA) is 98.9 Å². The number of anilines is 1. The van der Waals surface area contributed by atoms with Gasteiger partial charge in [-0.1, -0.05) is 32.0 Å². The average Bonchev–Trinajstić information content (AvgIpc) is 2.78. The lowest BCUT2D eigenvalue weighted by atomic mass is 10.0. The van der Waals surface area contributed by atoms with E-state index in [0.717, 1.165) is 10.1 Å². The molecule has 0 saturated heterocycles. The molecule has 8 heteroatoms. The molecule has 8 nitrogen and oxygen atoms in total. The highest BCUT2D eigenvalue weighted by molar-refractivity contribution is 5.90. The summed E-state index contributed by atoms with van der Waals surface area (Å²) in [5.74, 6) is 0.296. The molecule has 0 fully saturated rings. The minimum atomic E-state index is -0.670. The first kappa shape index (κ1) is 21.2. The van der Waals surface area contributed by atoms with Gasteiger partial charge in [-0.15, -0.1) is 0 Å². The number of nitrogens with zero attached hydrogens (tertiary/aromatic N) is 4. The highest BCUT2D eigenvalue weighted by atomic mass is 16.2. The third kappa shape index (κ3) is 4.49. The zero-order valence-electron chi connectivity index (χ0n) is 17.9. The largest absolute Gasteiger partial charge is 0.352 e. The molecule has 3 heterocycles. The van der Waals surface area contributed by atoms with Gasteiger partial charge in [0, 0.05) is 24.3 Å². The van der Waals surface area contributed by atoms with Crippen molar-refractivity contribution in [2.75, 3.05) is 5.32 Å². The van der Waals surface area contributed by atoms with Gasteiger partial charge in [0.1, 0.15) is 6.54 Å². The summed E-state index contributed by atoms with van der Waals surface area (Å²) in [4.78, 5) is 46.2. The molecule has 0 saturated carbocycles. The first-order valence-electron chi connectivity index (χ1n) is 10.3. The Kier molecular flexibility index (Phi) is 5.93. The van der Waals surface area contributed by atoms with E-state index >= 15 is 0 Å². The van der Waals surface area contributed by atoms with Gasteiger partial charge in [0.05, 0.1) is 12.1 Å². The molecular weight excluding hydrogens is 406 g/mol. The van der Waals surface area contributed by atoms with Crippen LogP contribution in [0, 0.1) is 0 Å². The first-order valence-corrected chi connectivity index (χ1v) is 10.3. The van der Waals surface area contributed by atoms with Crippen molar-refractivity contribution in [3.63, 3.8) is 0 Å². The van der Waals surface area contributed by atoms with Gasteiger partial charge in [-0.2, -0.15) is 4.98 Å². The van der Waals surface area contributed by atoms with Gasteiger partial charge in [-0.3, -0.25) is 19.1 Å². The molecule has 2 aliphatic heterocycles. The zero-order valence-corrected chi connectivity index (χ0v) is 17.9. The van der Waals surface area contributed by atoms with Crippen molar-refractivity contribution < 1.29 is 4.79 Å². The Morgan fingerprint density at radius 1 is 1.06 bits per heavy atom. The normalized spacial score (nSPS) is 11.1. The summed E-state index contributed by atoms with van der Waals surface area (Å²) in [6, 6.07) is 14.4. The average molecular weight is 429 g/mol. The Morgan fingerprint density at radius 2 is 1.84 bits per heavy atom. The third-order valence-electron chi connectivity index (χ3n) is 5.19. The molecule has 1 N–H and O–H groups in total. The van der Waals surface area contributed by atoms with E-state index in [1.807, 2.05) is 24.3 Å². The second-order valence-corrected chi connectivity index (χ2v) is 7.85. The number of benzene rings is 1. The molecule has 1 aromatic heterocycles. The van der Waals surface area contributed by atoms with Crippen molar-refractivity contribution in [1.29, 1.82) is 0 Å². The summed E-state index contributed by atoms with van der Waals surface area (Å²) in [6.45, 7) is 4.21. The monoisotopic (exact) mass is 429 g/mol. The number of aromatic nitrogens is 4. The van der Waals surface area contributed by atoms with E-state index in [2.05, 4.69) is 29.1 Å². The molecule has 2 aliphatic rings. The Morgan fingerprint density at radius 3 is 2.53 bits per heavy atom. The van der Waals surface area contributed by atoms with E-state index in [1.165, 1.54) is 10.1 Å². The highest BCUT2D eigenvalue weighted by Gasteiger charge is 2.18. The van der Waals surface area contributed by atoms with Crippen LogP contribution in [0.3, 0.4) is 0 Å². The molecule has 2 aromatic rings. The van der Waals surface area contributed by atoms with Crippen molar-refractivity contribution in [3.8, 4) is 11.4 Å². The molecule has 0 spiro atoms. The molecule has 162 valence electrons. The second-order valence-electron chi connectivity index (χ2n) is 7.85. The molecular formula is C24H23N5O3. The maximum Gasteiger partial charge on any atom is 0.352 e. The Balaban J connectivity index is 1.59. The second kappa shape index (κ2) is 8.97. The lowest BCUT2D eigenvalue weighted by Gasteiger charge is -2.15. The van der Waals surface area contributed by atoms with Crippen LogP contribution in [0.2, 0.25) is 0 Å². The molecule has 0 aliphatic carbocycles. The Labute approximate surface area is 184 Å². The first-order chi connectivity index (χ1) is 15.4. The van der Waals surface area contributed by atoms with Crippen LogP contribution in [-0.2, 0) is 17.9 Å². The number of pyridine rings is 2. The van der Waals surface area contributed by atoms with Crippen LogP contribution in [0.25, 0.3) is 11.4 Å². The lowest BCUT2D eigenvalue weighted by Crippen LogP contribution is -2.38. The van der Waals surface area contributed by atoms with Crippen LogP contribution in [0.15, 0.2) is 76.7 Å². The van der Waals surface area contributed by atoms with Crippen LogP contribution >= 0.6 is 0 Å². The molecule has 0 radical (unpaired) electrons. The van der Waals surface area contributed by atoms with Gasteiger partial charge in [-0.25, -0.2) is 4.79 Å². The van der Waals surface area contributed by atoms with E-state index in [0.29, 0.717) is 11.6 Å². The van der Waals surface area contributed by atoms with Crippen LogP contribution in [0.5, 0.6) is 0 Å². The number of hydrogen-bond donors (Lipinski definition) is 1. The smallest absolute Gasteiger partial charge is 0.325 e. The van der Waals surface area contributed by atoms with E-state index in [-0.39, 0.29) is 30.4 Å². The fourth-order valence-corrected chi connectivity index (χ4v) is 3.47. The van der Waals surface area contributed by atoms with Gasteiger partial charge in [0.25, 0.3) is 5.56 Å². The fraction of sp³-hybridized carbons (Fsp3) is 0.208. The predicted octanol–water partition coefficient (Wildman–Crippen LogP) is 2.72.